The monoisotopic (exact) mass is 261 g/mol. The second-order valence-corrected chi connectivity index (χ2v) is 3.43. The Labute approximate surface area is 110 Å². The molecule has 0 fully saturated rings. The highest BCUT2D eigenvalue weighted by molar-refractivity contribution is 5.59. The van der Waals surface area contributed by atoms with E-state index in [2.05, 4.69) is 21.9 Å². The summed E-state index contributed by atoms with van der Waals surface area (Å²) in [7, 11) is 1.79. The summed E-state index contributed by atoms with van der Waals surface area (Å²) in [5, 5.41) is 29.6. The third-order valence-corrected chi connectivity index (χ3v) is 2.12. The van der Waals surface area contributed by atoms with Gasteiger partial charge in [0.1, 0.15) is 0 Å². The van der Waals surface area contributed by atoms with E-state index >= 15 is 0 Å². The molecule has 100 valence electrons. The number of nitrogens with one attached hydrogen (secondary N) is 1. The van der Waals surface area contributed by atoms with Crippen LogP contribution in [-0.4, -0.2) is 32.3 Å². The molecule has 0 radical (unpaired) electrons. The minimum atomic E-state index is -0.504. The SMILES string of the molecule is C=Cc1cc(O)c(O)c(O)c1.CNc1ncccn1. The molecule has 0 aliphatic heterocycles. The van der Waals surface area contributed by atoms with Crippen molar-refractivity contribution in [1.82, 2.24) is 9.97 Å². The molecule has 6 nitrogen and oxygen atoms in total. The van der Waals surface area contributed by atoms with E-state index in [4.69, 9.17) is 15.3 Å². The highest BCUT2D eigenvalue weighted by Gasteiger charge is 2.05. The molecule has 1 heterocycles. The Bertz CT molecular complexity index is 521. The van der Waals surface area contributed by atoms with Crippen molar-refractivity contribution >= 4 is 12.0 Å². The minimum Gasteiger partial charge on any atom is -0.504 e. The molecule has 0 aliphatic rings. The van der Waals surface area contributed by atoms with Crippen LogP contribution in [0.25, 0.3) is 6.08 Å². The smallest absolute Gasteiger partial charge is 0.222 e. The second-order valence-electron chi connectivity index (χ2n) is 3.43. The largest absolute Gasteiger partial charge is 0.504 e. The first-order valence-corrected chi connectivity index (χ1v) is 5.40. The lowest BCUT2D eigenvalue weighted by Gasteiger charge is -2.01. The predicted molar refractivity (Wildman–Crippen MR) is 73.1 cm³/mol. The zero-order valence-corrected chi connectivity index (χ0v) is 10.4. The Morgan fingerprint density at radius 3 is 2.00 bits per heavy atom. The topological polar surface area (TPSA) is 98.5 Å². The van der Waals surface area contributed by atoms with Gasteiger partial charge in [0.25, 0.3) is 0 Å². The molecular weight excluding hydrogens is 246 g/mol. The van der Waals surface area contributed by atoms with Crippen LogP contribution in [0.3, 0.4) is 0 Å². The zero-order chi connectivity index (χ0) is 14.3. The van der Waals surface area contributed by atoms with Crippen LogP contribution in [0.2, 0.25) is 0 Å². The lowest BCUT2D eigenvalue weighted by molar-refractivity contribution is 0.368. The molecule has 0 unspecified atom stereocenters. The first kappa shape index (κ1) is 14.3. The fourth-order valence-corrected chi connectivity index (χ4v) is 1.17. The Hall–Kier alpha value is -2.76. The van der Waals surface area contributed by atoms with Gasteiger partial charge in [0.15, 0.2) is 17.2 Å². The van der Waals surface area contributed by atoms with Gasteiger partial charge in [0, 0.05) is 19.4 Å². The number of hydrogen-bond donors (Lipinski definition) is 4. The van der Waals surface area contributed by atoms with Gasteiger partial charge in [0.05, 0.1) is 0 Å². The standard InChI is InChI=1S/C8H8O3.C5H7N3/c1-2-5-3-6(9)8(11)7(10)4-5;1-6-5-7-3-2-4-8-5/h2-4,9-11H,1H2;2-4H,1H3,(H,6,7,8). The molecule has 1 aromatic carbocycles. The van der Waals surface area contributed by atoms with E-state index in [-0.39, 0.29) is 11.5 Å². The summed E-state index contributed by atoms with van der Waals surface area (Å²) in [6.45, 7) is 3.44. The predicted octanol–water partition coefficient (Wildman–Crippen LogP) is 1.96. The minimum absolute atomic E-state index is 0.347. The third-order valence-electron chi connectivity index (χ3n) is 2.12. The summed E-state index contributed by atoms with van der Waals surface area (Å²) in [4.78, 5) is 7.75. The molecule has 19 heavy (non-hydrogen) atoms. The summed E-state index contributed by atoms with van der Waals surface area (Å²) in [6.07, 6.45) is 4.84. The van der Waals surface area contributed by atoms with E-state index in [0.717, 1.165) is 0 Å². The Morgan fingerprint density at radius 2 is 1.63 bits per heavy atom. The molecule has 0 spiro atoms. The first-order chi connectivity index (χ1) is 9.08. The van der Waals surface area contributed by atoms with Gasteiger partial charge in [-0.05, 0) is 23.8 Å². The van der Waals surface area contributed by atoms with Gasteiger partial charge in [-0.1, -0.05) is 12.7 Å². The summed E-state index contributed by atoms with van der Waals surface area (Å²) in [5.41, 5.74) is 0.554. The Kier molecular flexibility index (Phi) is 5.16. The average Bonchev–Trinajstić information content (AvgIpc) is 2.45. The molecule has 6 heteroatoms. The molecule has 0 saturated heterocycles. The van der Waals surface area contributed by atoms with Crippen molar-refractivity contribution in [3.05, 3.63) is 42.7 Å². The van der Waals surface area contributed by atoms with Crippen molar-refractivity contribution in [2.75, 3.05) is 12.4 Å². The molecule has 0 amide bonds. The number of phenols is 3. The lowest BCUT2D eigenvalue weighted by Crippen LogP contribution is -1.92. The number of anilines is 1. The maximum absolute atomic E-state index is 8.95. The van der Waals surface area contributed by atoms with Gasteiger partial charge in [-0.3, -0.25) is 0 Å². The van der Waals surface area contributed by atoms with Crippen LogP contribution in [0.5, 0.6) is 17.2 Å². The van der Waals surface area contributed by atoms with Crippen LogP contribution < -0.4 is 5.32 Å². The van der Waals surface area contributed by atoms with E-state index in [1.807, 2.05) is 0 Å². The van der Waals surface area contributed by atoms with Gasteiger partial charge >= 0.3 is 0 Å². The quantitative estimate of drug-likeness (QED) is 0.617. The Morgan fingerprint density at radius 1 is 1.11 bits per heavy atom. The van der Waals surface area contributed by atoms with Gasteiger partial charge in [-0.25, -0.2) is 9.97 Å². The second kappa shape index (κ2) is 6.85. The van der Waals surface area contributed by atoms with Crippen LogP contribution in [0, 0.1) is 0 Å². The van der Waals surface area contributed by atoms with Crippen LogP contribution >= 0.6 is 0 Å². The number of phenolic OH excluding ortho intramolecular Hbond substituents is 3. The average molecular weight is 261 g/mol. The summed E-state index contributed by atoms with van der Waals surface area (Å²) >= 11 is 0. The highest BCUT2D eigenvalue weighted by Crippen LogP contribution is 2.35. The fraction of sp³-hybridized carbons (Fsp3) is 0.0769. The molecule has 0 aliphatic carbocycles. The van der Waals surface area contributed by atoms with Crippen molar-refractivity contribution in [3.63, 3.8) is 0 Å². The fourth-order valence-electron chi connectivity index (χ4n) is 1.17. The lowest BCUT2D eigenvalue weighted by atomic mass is 10.2. The maximum Gasteiger partial charge on any atom is 0.222 e. The molecule has 2 rings (SSSR count). The van der Waals surface area contributed by atoms with Crippen molar-refractivity contribution in [1.29, 1.82) is 0 Å². The van der Waals surface area contributed by atoms with Crippen molar-refractivity contribution in [2.45, 2.75) is 0 Å². The van der Waals surface area contributed by atoms with Crippen LogP contribution in [0.15, 0.2) is 37.2 Å². The number of aromatic hydroxyl groups is 3. The van der Waals surface area contributed by atoms with Crippen LogP contribution in [-0.2, 0) is 0 Å². The van der Waals surface area contributed by atoms with E-state index in [0.29, 0.717) is 11.5 Å². The summed E-state index contributed by atoms with van der Waals surface area (Å²) in [6, 6.07) is 4.39. The first-order valence-electron chi connectivity index (χ1n) is 5.40. The van der Waals surface area contributed by atoms with Crippen molar-refractivity contribution < 1.29 is 15.3 Å². The molecule has 0 saturated carbocycles. The van der Waals surface area contributed by atoms with E-state index in [1.165, 1.54) is 18.2 Å². The van der Waals surface area contributed by atoms with Crippen molar-refractivity contribution in [2.24, 2.45) is 0 Å². The molecular formula is C13H15N3O3. The number of hydrogen-bond acceptors (Lipinski definition) is 6. The van der Waals surface area contributed by atoms with E-state index < -0.39 is 5.75 Å². The van der Waals surface area contributed by atoms with E-state index in [9.17, 15) is 0 Å². The van der Waals surface area contributed by atoms with Gasteiger partial charge < -0.3 is 20.6 Å². The molecule has 0 bridgehead atoms. The Balaban J connectivity index is 0.000000200. The zero-order valence-electron chi connectivity index (χ0n) is 10.4. The maximum atomic E-state index is 8.95. The molecule has 4 N–H and O–H groups in total. The van der Waals surface area contributed by atoms with Gasteiger partial charge in [-0.15, -0.1) is 0 Å². The highest BCUT2D eigenvalue weighted by atomic mass is 16.3. The summed E-state index contributed by atoms with van der Waals surface area (Å²) < 4.78 is 0. The van der Waals surface area contributed by atoms with Gasteiger partial charge in [0.2, 0.25) is 5.95 Å². The van der Waals surface area contributed by atoms with Crippen LogP contribution in [0.1, 0.15) is 5.56 Å². The number of aromatic nitrogens is 2. The third kappa shape index (κ3) is 4.19. The number of nitrogens with zero attached hydrogens (tertiary/aromatic N) is 2. The molecule has 0 atom stereocenters. The summed E-state index contributed by atoms with van der Waals surface area (Å²) in [5.74, 6) is -0.539. The van der Waals surface area contributed by atoms with Gasteiger partial charge in [-0.2, -0.15) is 0 Å². The van der Waals surface area contributed by atoms with E-state index in [1.54, 1.807) is 25.5 Å². The van der Waals surface area contributed by atoms with Crippen molar-refractivity contribution in [3.8, 4) is 17.2 Å². The normalized spacial score (nSPS) is 9.11. The number of benzene rings is 1. The number of rotatable bonds is 2. The van der Waals surface area contributed by atoms with Crippen LogP contribution in [0.4, 0.5) is 5.95 Å². The molecule has 2 aromatic rings. The molecule has 1 aromatic heterocycles.